The molecular formula is C20H25NOS. The van der Waals surface area contributed by atoms with Crippen LogP contribution in [0.3, 0.4) is 0 Å². The monoisotopic (exact) mass is 327 g/mol. The lowest BCUT2D eigenvalue weighted by Gasteiger charge is -2.15. The van der Waals surface area contributed by atoms with Gasteiger partial charge in [0, 0.05) is 11.4 Å². The molecule has 0 aliphatic rings. The second-order valence-electron chi connectivity index (χ2n) is 5.93. The number of hydrogen-bond acceptors (Lipinski definition) is 2. The second kappa shape index (κ2) is 8.78. The van der Waals surface area contributed by atoms with Crippen molar-refractivity contribution in [2.75, 3.05) is 11.1 Å². The van der Waals surface area contributed by atoms with Crippen LogP contribution in [0, 0.1) is 6.92 Å². The number of aryl methyl sites for hydroxylation is 1. The second-order valence-corrected chi connectivity index (χ2v) is 6.91. The van der Waals surface area contributed by atoms with Crippen LogP contribution < -0.4 is 5.32 Å². The van der Waals surface area contributed by atoms with E-state index in [1.54, 1.807) is 11.8 Å². The molecule has 0 bridgehead atoms. The van der Waals surface area contributed by atoms with Gasteiger partial charge in [0.1, 0.15) is 0 Å². The van der Waals surface area contributed by atoms with E-state index in [0.29, 0.717) is 11.7 Å². The molecule has 3 heteroatoms. The van der Waals surface area contributed by atoms with E-state index in [-0.39, 0.29) is 5.91 Å². The molecule has 23 heavy (non-hydrogen) atoms. The Morgan fingerprint density at radius 1 is 1.17 bits per heavy atom. The zero-order chi connectivity index (χ0) is 16.7. The Hall–Kier alpha value is -1.74. The highest BCUT2D eigenvalue weighted by Crippen LogP contribution is 2.26. The molecule has 0 aromatic heterocycles. The van der Waals surface area contributed by atoms with Gasteiger partial charge in [-0.2, -0.15) is 0 Å². The van der Waals surface area contributed by atoms with Gasteiger partial charge in [-0.1, -0.05) is 61.9 Å². The van der Waals surface area contributed by atoms with Crippen molar-refractivity contribution in [3.8, 4) is 0 Å². The van der Waals surface area contributed by atoms with Crippen molar-refractivity contribution in [2.24, 2.45) is 0 Å². The predicted octanol–water partition coefficient (Wildman–Crippen LogP) is 5.38. The van der Waals surface area contributed by atoms with Crippen molar-refractivity contribution in [1.29, 1.82) is 0 Å². The van der Waals surface area contributed by atoms with Gasteiger partial charge in [-0.25, -0.2) is 0 Å². The molecule has 0 saturated heterocycles. The van der Waals surface area contributed by atoms with Crippen LogP contribution >= 0.6 is 11.8 Å². The summed E-state index contributed by atoms with van der Waals surface area (Å²) in [6.45, 7) is 6.45. The molecule has 2 aromatic carbocycles. The molecular weight excluding hydrogens is 302 g/mol. The highest BCUT2D eigenvalue weighted by Gasteiger charge is 2.11. The highest BCUT2D eigenvalue weighted by atomic mass is 32.2. The van der Waals surface area contributed by atoms with Gasteiger partial charge in [0.05, 0.1) is 5.75 Å². The van der Waals surface area contributed by atoms with Crippen molar-refractivity contribution in [3.63, 3.8) is 0 Å². The van der Waals surface area contributed by atoms with Crippen molar-refractivity contribution in [1.82, 2.24) is 0 Å². The third-order valence-electron chi connectivity index (χ3n) is 3.96. The first-order chi connectivity index (χ1) is 11.1. The van der Waals surface area contributed by atoms with Crippen LogP contribution in [0.5, 0.6) is 0 Å². The van der Waals surface area contributed by atoms with Crippen LogP contribution in [0.2, 0.25) is 0 Å². The summed E-state index contributed by atoms with van der Waals surface area (Å²) in [5.74, 6) is 1.86. The van der Waals surface area contributed by atoms with Gasteiger partial charge in [-0.15, -0.1) is 11.8 Å². The molecule has 0 heterocycles. The van der Waals surface area contributed by atoms with Gasteiger partial charge in [-0.3, -0.25) is 4.79 Å². The van der Waals surface area contributed by atoms with E-state index < -0.39 is 0 Å². The third kappa shape index (κ3) is 5.43. The number of carbonyl (C=O) groups is 1. The summed E-state index contributed by atoms with van der Waals surface area (Å²) < 4.78 is 0. The number of carbonyl (C=O) groups excluding carboxylic acids is 1. The summed E-state index contributed by atoms with van der Waals surface area (Å²) in [5.41, 5.74) is 4.69. The van der Waals surface area contributed by atoms with Crippen molar-refractivity contribution >= 4 is 23.4 Å². The Labute approximate surface area is 143 Å². The molecule has 2 nitrogen and oxygen atoms in total. The minimum absolute atomic E-state index is 0.0680. The number of benzene rings is 2. The molecule has 2 aromatic rings. The molecule has 0 radical (unpaired) electrons. The maximum absolute atomic E-state index is 12.2. The lowest BCUT2D eigenvalue weighted by molar-refractivity contribution is -0.113. The number of thioether (sulfide) groups is 1. The lowest BCUT2D eigenvalue weighted by atomic mass is 9.97. The van der Waals surface area contributed by atoms with Crippen LogP contribution in [-0.4, -0.2) is 11.7 Å². The summed E-state index contributed by atoms with van der Waals surface area (Å²) in [5, 5.41) is 3.06. The fraction of sp³-hybridized carbons (Fsp3) is 0.350. The van der Waals surface area contributed by atoms with Crippen molar-refractivity contribution in [3.05, 3.63) is 65.2 Å². The standard InChI is InChI=1S/C20H25NOS/c1-4-16(3)18-10-5-6-11-19(18)21-20(22)14-23-13-17-9-7-8-15(2)12-17/h5-12,16H,4,13-14H2,1-3H3,(H,21,22)/t16-/m0/s1. The van der Waals surface area contributed by atoms with Crippen LogP contribution in [-0.2, 0) is 10.5 Å². The first kappa shape index (κ1) is 17.6. The van der Waals surface area contributed by atoms with Crippen LogP contribution in [0.25, 0.3) is 0 Å². The SMILES string of the molecule is CC[C@H](C)c1ccccc1NC(=O)CSCc1cccc(C)c1. The van der Waals surface area contributed by atoms with Crippen LogP contribution in [0.15, 0.2) is 48.5 Å². The highest BCUT2D eigenvalue weighted by molar-refractivity contribution is 7.99. The molecule has 0 spiro atoms. The maximum atomic E-state index is 12.2. The fourth-order valence-electron chi connectivity index (χ4n) is 2.51. The van der Waals surface area contributed by atoms with E-state index >= 15 is 0 Å². The summed E-state index contributed by atoms with van der Waals surface area (Å²) in [4.78, 5) is 12.2. The van der Waals surface area contributed by atoms with Crippen LogP contribution in [0.4, 0.5) is 5.69 Å². The molecule has 1 N–H and O–H groups in total. The molecule has 0 aliphatic heterocycles. The fourth-order valence-corrected chi connectivity index (χ4v) is 3.29. The molecule has 0 aliphatic carbocycles. The lowest BCUT2D eigenvalue weighted by Crippen LogP contribution is -2.16. The Bertz CT molecular complexity index is 654. The van der Waals surface area contributed by atoms with E-state index in [4.69, 9.17) is 0 Å². The number of amides is 1. The molecule has 1 amide bonds. The first-order valence-electron chi connectivity index (χ1n) is 8.12. The molecule has 0 unspecified atom stereocenters. The molecule has 2 rings (SSSR count). The minimum Gasteiger partial charge on any atom is -0.325 e. The summed E-state index contributed by atoms with van der Waals surface area (Å²) in [6, 6.07) is 16.5. The van der Waals surface area contributed by atoms with Gasteiger partial charge in [0.25, 0.3) is 0 Å². The number of nitrogens with one attached hydrogen (secondary N) is 1. The summed E-state index contributed by atoms with van der Waals surface area (Å²) >= 11 is 1.65. The average Bonchev–Trinajstić information content (AvgIpc) is 2.55. The van der Waals surface area contributed by atoms with Crippen molar-refractivity contribution < 1.29 is 4.79 Å². The smallest absolute Gasteiger partial charge is 0.234 e. The predicted molar refractivity (Wildman–Crippen MR) is 101 cm³/mol. The van der Waals surface area contributed by atoms with Gasteiger partial charge in [0.2, 0.25) is 5.91 Å². The van der Waals surface area contributed by atoms with Crippen molar-refractivity contribution in [2.45, 2.75) is 38.9 Å². The quantitative estimate of drug-likeness (QED) is 0.739. The maximum Gasteiger partial charge on any atom is 0.234 e. The number of para-hydroxylation sites is 1. The number of hydrogen-bond donors (Lipinski definition) is 1. The van der Waals surface area contributed by atoms with E-state index in [0.717, 1.165) is 17.9 Å². The van der Waals surface area contributed by atoms with E-state index in [9.17, 15) is 4.79 Å². The van der Waals surface area contributed by atoms with E-state index in [1.807, 2.05) is 18.2 Å². The van der Waals surface area contributed by atoms with Gasteiger partial charge >= 0.3 is 0 Å². The molecule has 0 saturated carbocycles. The largest absolute Gasteiger partial charge is 0.325 e. The van der Waals surface area contributed by atoms with E-state index in [2.05, 4.69) is 56.4 Å². The molecule has 1 atom stereocenters. The average molecular weight is 327 g/mol. The number of rotatable bonds is 7. The number of anilines is 1. The first-order valence-corrected chi connectivity index (χ1v) is 9.27. The van der Waals surface area contributed by atoms with Gasteiger partial charge in [0.15, 0.2) is 0 Å². The van der Waals surface area contributed by atoms with Gasteiger partial charge in [-0.05, 0) is 36.5 Å². The van der Waals surface area contributed by atoms with Crippen LogP contribution in [0.1, 0.15) is 42.9 Å². The molecule has 0 fully saturated rings. The third-order valence-corrected chi connectivity index (χ3v) is 4.97. The normalized spacial score (nSPS) is 12.0. The zero-order valence-electron chi connectivity index (χ0n) is 14.1. The van der Waals surface area contributed by atoms with Gasteiger partial charge < -0.3 is 5.32 Å². The summed E-state index contributed by atoms with van der Waals surface area (Å²) in [6.07, 6.45) is 1.06. The van der Waals surface area contributed by atoms with E-state index in [1.165, 1.54) is 16.7 Å². The zero-order valence-corrected chi connectivity index (χ0v) is 15.0. The Kier molecular flexibility index (Phi) is 6.72. The summed E-state index contributed by atoms with van der Waals surface area (Å²) in [7, 11) is 0. The Morgan fingerprint density at radius 3 is 2.70 bits per heavy atom. The Morgan fingerprint density at radius 2 is 1.96 bits per heavy atom. The minimum atomic E-state index is 0.0680. The Balaban J connectivity index is 1.88. The molecule has 122 valence electrons. The topological polar surface area (TPSA) is 29.1 Å².